The van der Waals surface area contributed by atoms with Crippen molar-refractivity contribution in [3.05, 3.63) is 59.7 Å². The van der Waals surface area contributed by atoms with Gasteiger partial charge in [-0.15, -0.1) is 11.6 Å². The number of halogens is 1. The monoisotopic (exact) mass is 357 g/mol. The lowest BCUT2D eigenvalue weighted by Gasteiger charge is -2.36. The van der Waals surface area contributed by atoms with Crippen LogP contribution < -0.4 is 9.64 Å². The number of rotatable bonds is 5. The van der Waals surface area contributed by atoms with Gasteiger partial charge in [0.2, 0.25) is 0 Å². The fraction of sp³-hybridized carbons (Fsp3) is 0.300. The van der Waals surface area contributed by atoms with Gasteiger partial charge in [0.25, 0.3) is 5.91 Å². The van der Waals surface area contributed by atoms with Crippen LogP contribution in [0.15, 0.2) is 48.5 Å². The quantitative estimate of drug-likeness (QED) is 0.599. The topological polar surface area (TPSA) is 46.6 Å². The van der Waals surface area contributed by atoms with Crippen molar-refractivity contribution in [2.75, 3.05) is 10.8 Å². The number of Topliss-reactive ketones (excluding diaryl/α,β-unsaturated/α-hetero) is 1. The highest BCUT2D eigenvalue weighted by molar-refractivity contribution is 6.30. The molecule has 1 aliphatic heterocycles. The van der Waals surface area contributed by atoms with Gasteiger partial charge in [0.15, 0.2) is 11.9 Å². The van der Waals surface area contributed by atoms with E-state index in [1.807, 2.05) is 44.2 Å². The molecule has 0 N–H and O–H groups in total. The fourth-order valence-corrected chi connectivity index (χ4v) is 3.04. The third-order valence-electron chi connectivity index (χ3n) is 4.25. The third kappa shape index (κ3) is 3.54. The van der Waals surface area contributed by atoms with E-state index in [1.54, 1.807) is 23.1 Å². The number of amides is 1. The van der Waals surface area contributed by atoms with Gasteiger partial charge in [-0.25, -0.2) is 0 Å². The SMILES string of the molecule is CC(C)C1Oc2ccc(C(=O)CCl)cc2N(Cc2ccccc2)C1=O. The Morgan fingerprint density at radius 2 is 1.92 bits per heavy atom. The zero-order valence-electron chi connectivity index (χ0n) is 14.2. The second-order valence-corrected chi connectivity index (χ2v) is 6.70. The van der Waals surface area contributed by atoms with E-state index in [4.69, 9.17) is 16.3 Å². The van der Waals surface area contributed by atoms with Crippen molar-refractivity contribution >= 4 is 29.0 Å². The summed E-state index contributed by atoms with van der Waals surface area (Å²) < 4.78 is 5.91. The van der Waals surface area contributed by atoms with E-state index in [0.717, 1.165) is 5.56 Å². The van der Waals surface area contributed by atoms with Crippen LogP contribution in [0.3, 0.4) is 0 Å². The summed E-state index contributed by atoms with van der Waals surface area (Å²) >= 11 is 5.67. The largest absolute Gasteiger partial charge is 0.478 e. The van der Waals surface area contributed by atoms with E-state index in [0.29, 0.717) is 23.5 Å². The van der Waals surface area contributed by atoms with Crippen LogP contribution in [-0.4, -0.2) is 23.7 Å². The van der Waals surface area contributed by atoms with E-state index < -0.39 is 6.10 Å². The lowest BCUT2D eigenvalue weighted by Crippen LogP contribution is -2.48. The zero-order chi connectivity index (χ0) is 18.0. The first-order valence-electron chi connectivity index (χ1n) is 8.26. The van der Waals surface area contributed by atoms with Crippen molar-refractivity contribution in [2.45, 2.75) is 26.5 Å². The molecule has 1 unspecified atom stereocenters. The molecular formula is C20H20ClNO3. The van der Waals surface area contributed by atoms with Crippen LogP contribution in [0.25, 0.3) is 0 Å². The number of fused-ring (bicyclic) bond motifs is 1. The van der Waals surface area contributed by atoms with Crippen molar-refractivity contribution in [2.24, 2.45) is 5.92 Å². The molecule has 5 heteroatoms. The van der Waals surface area contributed by atoms with Crippen molar-refractivity contribution in [1.29, 1.82) is 0 Å². The number of anilines is 1. The number of benzene rings is 2. The minimum Gasteiger partial charge on any atom is -0.478 e. The first-order valence-corrected chi connectivity index (χ1v) is 8.80. The number of ketones is 1. The lowest BCUT2D eigenvalue weighted by atomic mass is 10.0. The summed E-state index contributed by atoms with van der Waals surface area (Å²) in [5, 5.41) is 0. The molecule has 130 valence electrons. The van der Waals surface area contributed by atoms with Crippen LogP contribution in [-0.2, 0) is 11.3 Å². The van der Waals surface area contributed by atoms with Gasteiger partial charge in [0.1, 0.15) is 5.75 Å². The van der Waals surface area contributed by atoms with Gasteiger partial charge < -0.3 is 9.64 Å². The molecule has 4 nitrogen and oxygen atoms in total. The van der Waals surface area contributed by atoms with Gasteiger partial charge >= 0.3 is 0 Å². The van der Waals surface area contributed by atoms with Crippen molar-refractivity contribution < 1.29 is 14.3 Å². The third-order valence-corrected chi connectivity index (χ3v) is 4.49. The second kappa shape index (κ2) is 7.28. The highest BCUT2D eigenvalue weighted by Gasteiger charge is 2.36. The molecule has 2 aromatic carbocycles. The van der Waals surface area contributed by atoms with E-state index in [9.17, 15) is 9.59 Å². The second-order valence-electron chi connectivity index (χ2n) is 6.43. The first-order chi connectivity index (χ1) is 12.0. The Kier molecular flexibility index (Phi) is 5.09. The molecular weight excluding hydrogens is 338 g/mol. The molecule has 1 amide bonds. The first kappa shape index (κ1) is 17.5. The molecule has 1 atom stereocenters. The molecule has 0 fully saturated rings. The maximum atomic E-state index is 13.0. The smallest absolute Gasteiger partial charge is 0.268 e. The van der Waals surface area contributed by atoms with Gasteiger partial charge in [0, 0.05) is 5.56 Å². The molecule has 2 aromatic rings. The molecule has 0 spiro atoms. The molecule has 0 aromatic heterocycles. The summed E-state index contributed by atoms with van der Waals surface area (Å²) in [5.41, 5.74) is 2.10. The van der Waals surface area contributed by atoms with Crippen LogP contribution in [0.1, 0.15) is 29.8 Å². The number of hydrogen-bond donors (Lipinski definition) is 0. The zero-order valence-corrected chi connectivity index (χ0v) is 15.0. The number of alkyl halides is 1. The predicted molar refractivity (Wildman–Crippen MR) is 98.4 cm³/mol. The van der Waals surface area contributed by atoms with Crippen LogP contribution in [0.5, 0.6) is 5.75 Å². The van der Waals surface area contributed by atoms with Gasteiger partial charge in [0.05, 0.1) is 18.1 Å². The Hall–Kier alpha value is -2.33. The molecule has 25 heavy (non-hydrogen) atoms. The minimum atomic E-state index is -0.536. The Balaban J connectivity index is 2.04. The number of ether oxygens (including phenoxy) is 1. The summed E-state index contributed by atoms with van der Waals surface area (Å²) in [4.78, 5) is 26.6. The molecule has 0 saturated heterocycles. The van der Waals surface area contributed by atoms with E-state index >= 15 is 0 Å². The van der Waals surface area contributed by atoms with Gasteiger partial charge in [-0.2, -0.15) is 0 Å². The summed E-state index contributed by atoms with van der Waals surface area (Å²) in [5.74, 6) is 0.286. The van der Waals surface area contributed by atoms with Crippen molar-refractivity contribution in [3.8, 4) is 5.75 Å². The van der Waals surface area contributed by atoms with E-state index in [2.05, 4.69) is 0 Å². The number of hydrogen-bond acceptors (Lipinski definition) is 3. The molecule has 0 aliphatic carbocycles. The fourth-order valence-electron chi connectivity index (χ4n) is 2.89. The van der Waals surface area contributed by atoms with Crippen LogP contribution >= 0.6 is 11.6 Å². The van der Waals surface area contributed by atoms with E-state index in [-0.39, 0.29) is 23.5 Å². The normalized spacial score (nSPS) is 16.6. The van der Waals surface area contributed by atoms with Gasteiger partial charge in [-0.1, -0.05) is 44.2 Å². The van der Waals surface area contributed by atoms with Crippen LogP contribution in [0, 0.1) is 5.92 Å². The molecule has 0 bridgehead atoms. The summed E-state index contributed by atoms with van der Waals surface area (Å²) in [6.45, 7) is 4.34. The summed E-state index contributed by atoms with van der Waals surface area (Å²) in [6.07, 6.45) is -0.536. The van der Waals surface area contributed by atoms with E-state index in [1.165, 1.54) is 0 Å². The summed E-state index contributed by atoms with van der Waals surface area (Å²) in [6, 6.07) is 14.9. The number of nitrogens with zero attached hydrogens (tertiary/aromatic N) is 1. The van der Waals surface area contributed by atoms with Gasteiger partial charge in [-0.3, -0.25) is 9.59 Å². The lowest BCUT2D eigenvalue weighted by molar-refractivity contribution is -0.128. The van der Waals surface area contributed by atoms with Crippen LogP contribution in [0.4, 0.5) is 5.69 Å². The number of carbonyl (C=O) groups excluding carboxylic acids is 2. The Morgan fingerprint density at radius 1 is 1.20 bits per heavy atom. The Labute approximate surface area is 152 Å². The maximum absolute atomic E-state index is 13.0. The number of carbonyl (C=O) groups is 2. The molecule has 0 radical (unpaired) electrons. The highest BCUT2D eigenvalue weighted by Crippen LogP contribution is 2.37. The minimum absolute atomic E-state index is 0.0445. The average Bonchev–Trinajstić information content (AvgIpc) is 2.63. The molecule has 1 heterocycles. The average molecular weight is 358 g/mol. The summed E-state index contributed by atoms with van der Waals surface area (Å²) in [7, 11) is 0. The molecule has 0 saturated carbocycles. The predicted octanol–water partition coefficient (Wildman–Crippen LogP) is 4.06. The Morgan fingerprint density at radius 3 is 2.56 bits per heavy atom. The Bertz CT molecular complexity index is 789. The van der Waals surface area contributed by atoms with Gasteiger partial charge in [-0.05, 0) is 29.7 Å². The standard InChI is InChI=1S/C20H20ClNO3/c1-13(2)19-20(24)22(12-14-6-4-3-5-7-14)16-10-15(17(23)11-21)8-9-18(16)25-19/h3-10,13,19H,11-12H2,1-2H3. The van der Waals surface area contributed by atoms with Crippen molar-refractivity contribution in [3.63, 3.8) is 0 Å². The van der Waals surface area contributed by atoms with Crippen molar-refractivity contribution in [1.82, 2.24) is 0 Å². The highest BCUT2D eigenvalue weighted by atomic mass is 35.5. The maximum Gasteiger partial charge on any atom is 0.268 e. The molecule has 3 rings (SSSR count). The molecule has 1 aliphatic rings. The van der Waals surface area contributed by atoms with Crippen LogP contribution in [0.2, 0.25) is 0 Å².